The Morgan fingerprint density at radius 3 is 2.25 bits per heavy atom. The summed E-state index contributed by atoms with van der Waals surface area (Å²) in [5.74, 6) is 0. The predicted molar refractivity (Wildman–Crippen MR) is 70.1 cm³/mol. The van der Waals surface area contributed by atoms with Crippen LogP contribution < -0.4 is 11.1 Å². The molecule has 0 aliphatic heterocycles. The lowest BCUT2D eigenvalue weighted by Crippen LogP contribution is -1.96. The average Bonchev–Trinajstić information content (AvgIpc) is 2.25. The first-order valence-corrected chi connectivity index (χ1v) is 5.35. The summed E-state index contributed by atoms with van der Waals surface area (Å²) < 4.78 is 0. The Bertz CT molecular complexity index is 504. The average molecular weight is 212 g/mol. The van der Waals surface area contributed by atoms with E-state index in [-0.39, 0.29) is 0 Å². The molecular formula is C14H16N2. The second-order valence-corrected chi connectivity index (χ2v) is 4.01. The van der Waals surface area contributed by atoms with Crippen LogP contribution in [0.2, 0.25) is 0 Å². The molecule has 2 nitrogen and oxygen atoms in total. The molecule has 0 amide bonds. The van der Waals surface area contributed by atoms with Crippen LogP contribution >= 0.6 is 0 Å². The maximum atomic E-state index is 5.72. The van der Waals surface area contributed by atoms with Gasteiger partial charge in [-0.3, -0.25) is 0 Å². The molecule has 0 heterocycles. The zero-order valence-electron chi connectivity index (χ0n) is 9.62. The monoisotopic (exact) mass is 212 g/mol. The number of nitrogens with one attached hydrogen (secondary N) is 1. The lowest BCUT2D eigenvalue weighted by Gasteiger charge is -2.12. The summed E-state index contributed by atoms with van der Waals surface area (Å²) in [4.78, 5) is 0. The molecule has 0 fully saturated rings. The van der Waals surface area contributed by atoms with Gasteiger partial charge in [0, 0.05) is 17.1 Å². The highest BCUT2D eigenvalue weighted by molar-refractivity contribution is 5.67. The van der Waals surface area contributed by atoms with Crippen LogP contribution in [0.25, 0.3) is 0 Å². The van der Waals surface area contributed by atoms with Gasteiger partial charge in [0.1, 0.15) is 0 Å². The van der Waals surface area contributed by atoms with E-state index in [4.69, 9.17) is 5.73 Å². The first-order valence-electron chi connectivity index (χ1n) is 5.35. The zero-order chi connectivity index (χ0) is 11.5. The molecule has 0 saturated carbocycles. The Morgan fingerprint density at radius 1 is 0.875 bits per heavy atom. The van der Waals surface area contributed by atoms with Crippen LogP contribution in [0.1, 0.15) is 11.1 Å². The van der Waals surface area contributed by atoms with Gasteiger partial charge < -0.3 is 11.1 Å². The van der Waals surface area contributed by atoms with Crippen molar-refractivity contribution in [2.45, 2.75) is 13.8 Å². The molecule has 0 spiro atoms. The minimum Gasteiger partial charge on any atom is -0.399 e. The standard InChI is InChI=1S/C14H16N2/c1-10-5-3-4-6-13(10)16-14-8-7-12(15)9-11(14)2/h3-9,16H,15H2,1-2H3. The number of nitrogens with two attached hydrogens (primary N) is 1. The molecule has 0 aliphatic carbocycles. The third kappa shape index (κ3) is 2.16. The maximum Gasteiger partial charge on any atom is 0.0415 e. The highest BCUT2D eigenvalue weighted by Crippen LogP contribution is 2.24. The highest BCUT2D eigenvalue weighted by Gasteiger charge is 2.00. The number of anilines is 3. The summed E-state index contributed by atoms with van der Waals surface area (Å²) >= 11 is 0. The van der Waals surface area contributed by atoms with E-state index < -0.39 is 0 Å². The first-order chi connectivity index (χ1) is 7.66. The molecule has 2 rings (SSSR count). The number of aryl methyl sites for hydroxylation is 2. The van der Waals surface area contributed by atoms with E-state index in [1.165, 1.54) is 5.56 Å². The van der Waals surface area contributed by atoms with E-state index in [9.17, 15) is 0 Å². The van der Waals surface area contributed by atoms with Crippen molar-refractivity contribution in [2.75, 3.05) is 11.1 Å². The molecule has 2 heteroatoms. The summed E-state index contributed by atoms with van der Waals surface area (Å²) in [5.41, 5.74) is 11.1. The number of hydrogen-bond acceptors (Lipinski definition) is 2. The molecule has 0 aromatic heterocycles. The van der Waals surface area contributed by atoms with Gasteiger partial charge >= 0.3 is 0 Å². The van der Waals surface area contributed by atoms with E-state index in [0.29, 0.717) is 0 Å². The lowest BCUT2D eigenvalue weighted by atomic mass is 10.1. The second kappa shape index (κ2) is 4.27. The number of hydrogen-bond donors (Lipinski definition) is 2. The third-order valence-electron chi connectivity index (χ3n) is 2.66. The summed E-state index contributed by atoms with van der Waals surface area (Å²) in [6.45, 7) is 4.14. The largest absolute Gasteiger partial charge is 0.399 e. The van der Waals surface area contributed by atoms with E-state index in [1.54, 1.807) is 0 Å². The topological polar surface area (TPSA) is 38.0 Å². The fourth-order valence-electron chi connectivity index (χ4n) is 1.69. The Hall–Kier alpha value is -1.96. The van der Waals surface area contributed by atoms with Crippen molar-refractivity contribution < 1.29 is 0 Å². The van der Waals surface area contributed by atoms with E-state index in [2.05, 4.69) is 31.3 Å². The number of benzene rings is 2. The Kier molecular flexibility index (Phi) is 2.82. The molecule has 0 bridgehead atoms. The summed E-state index contributed by atoms with van der Waals surface area (Å²) in [6.07, 6.45) is 0. The molecule has 82 valence electrons. The fraction of sp³-hybridized carbons (Fsp3) is 0.143. The quantitative estimate of drug-likeness (QED) is 0.746. The van der Waals surface area contributed by atoms with Crippen LogP contribution in [-0.4, -0.2) is 0 Å². The summed E-state index contributed by atoms with van der Waals surface area (Å²) in [5, 5.41) is 3.41. The Balaban J connectivity index is 2.31. The molecule has 0 aliphatic rings. The van der Waals surface area contributed by atoms with Gasteiger partial charge in [0.2, 0.25) is 0 Å². The third-order valence-corrected chi connectivity index (χ3v) is 2.66. The molecule has 0 atom stereocenters. The van der Waals surface area contributed by atoms with Gasteiger partial charge in [-0.15, -0.1) is 0 Å². The summed E-state index contributed by atoms with van der Waals surface area (Å²) in [7, 11) is 0. The van der Waals surface area contributed by atoms with E-state index >= 15 is 0 Å². The van der Waals surface area contributed by atoms with Crippen molar-refractivity contribution in [1.82, 2.24) is 0 Å². The SMILES string of the molecule is Cc1ccccc1Nc1ccc(N)cc1C. The fourth-order valence-corrected chi connectivity index (χ4v) is 1.69. The van der Waals surface area contributed by atoms with Gasteiger partial charge in [0.25, 0.3) is 0 Å². The minimum atomic E-state index is 0.799. The lowest BCUT2D eigenvalue weighted by molar-refractivity contribution is 1.39. The number of para-hydroxylation sites is 1. The molecule has 3 N–H and O–H groups in total. The van der Waals surface area contributed by atoms with Crippen molar-refractivity contribution in [3.8, 4) is 0 Å². The minimum absolute atomic E-state index is 0.799. The van der Waals surface area contributed by atoms with Crippen LogP contribution in [0.3, 0.4) is 0 Å². The number of rotatable bonds is 2. The maximum absolute atomic E-state index is 5.72. The normalized spacial score (nSPS) is 10.1. The molecule has 2 aromatic carbocycles. The van der Waals surface area contributed by atoms with Crippen LogP contribution in [0.15, 0.2) is 42.5 Å². The summed E-state index contributed by atoms with van der Waals surface area (Å²) in [6, 6.07) is 14.1. The van der Waals surface area contributed by atoms with E-state index in [1.807, 2.05) is 30.3 Å². The second-order valence-electron chi connectivity index (χ2n) is 4.01. The van der Waals surface area contributed by atoms with Gasteiger partial charge in [0.05, 0.1) is 0 Å². The molecule has 16 heavy (non-hydrogen) atoms. The van der Waals surface area contributed by atoms with Crippen LogP contribution in [-0.2, 0) is 0 Å². The van der Waals surface area contributed by atoms with Crippen molar-refractivity contribution in [1.29, 1.82) is 0 Å². The first kappa shape index (κ1) is 10.6. The predicted octanol–water partition coefficient (Wildman–Crippen LogP) is 3.63. The number of nitrogen functional groups attached to an aromatic ring is 1. The van der Waals surface area contributed by atoms with Crippen molar-refractivity contribution >= 4 is 17.1 Å². The van der Waals surface area contributed by atoms with Crippen LogP contribution in [0, 0.1) is 13.8 Å². The Labute approximate surface area is 96.1 Å². The molecule has 2 aromatic rings. The van der Waals surface area contributed by atoms with E-state index in [0.717, 1.165) is 22.6 Å². The molecule has 0 unspecified atom stereocenters. The van der Waals surface area contributed by atoms with Crippen molar-refractivity contribution in [2.24, 2.45) is 0 Å². The van der Waals surface area contributed by atoms with Gasteiger partial charge in [0.15, 0.2) is 0 Å². The van der Waals surface area contributed by atoms with Crippen molar-refractivity contribution in [3.63, 3.8) is 0 Å². The molecule has 0 saturated heterocycles. The van der Waals surface area contributed by atoms with Crippen molar-refractivity contribution in [3.05, 3.63) is 53.6 Å². The smallest absolute Gasteiger partial charge is 0.0415 e. The van der Waals surface area contributed by atoms with Gasteiger partial charge in [-0.2, -0.15) is 0 Å². The van der Waals surface area contributed by atoms with Gasteiger partial charge in [-0.1, -0.05) is 18.2 Å². The molecular weight excluding hydrogens is 196 g/mol. The zero-order valence-corrected chi connectivity index (χ0v) is 9.62. The highest BCUT2D eigenvalue weighted by atomic mass is 14.9. The van der Waals surface area contributed by atoms with Gasteiger partial charge in [-0.25, -0.2) is 0 Å². The molecule has 0 radical (unpaired) electrons. The van der Waals surface area contributed by atoms with Crippen LogP contribution in [0.5, 0.6) is 0 Å². The Morgan fingerprint density at radius 2 is 1.56 bits per heavy atom. The van der Waals surface area contributed by atoms with Crippen LogP contribution in [0.4, 0.5) is 17.1 Å². The van der Waals surface area contributed by atoms with Gasteiger partial charge in [-0.05, 0) is 49.2 Å².